The van der Waals surface area contributed by atoms with Crippen LogP contribution in [0.2, 0.25) is 0 Å². The predicted octanol–water partition coefficient (Wildman–Crippen LogP) is -0.417. The quantitative estimate of drug-likeness (QED) is 0.684. The van der Waals surface area contributed by atoms with Crippen LogP contribution in [0, 0.1) is 6.92 Å². The first-order chi connectivity index (χ1) is 8.95. The van der Waals surface area contributed by atoms with Gasteiger partial charge >= 0.3 is 0 Å². The number of hydrogen-bond acceptors (Lipinski definition) is 5. The molecule has 1 atom stereocenters. The van der Waals surface area contributed by atoms with Gasteiger partial charge in [0.25, 0.3) is 0 Å². The van der Waals surface area contributed by atoms with Gasteiger partial charge in [0.1, 0.15) is 10.6 Å². The lowest BCUT2D eigenvalue weighted by Gasteiger charge is -2.19. The van der Waals surface area contributed by atoms with Crippen molar-refractivity contribution in [1.82, 2.24) is 19.8 Å². The standard InChI is InChI=1S/C11H20N4O3S/c1-8-11(10(7-16)14-13-8)19(17,18)12-6-9-4-3-5-15(9)2/h9,12,16H,3-7H2,1-2H3,(H,13,14). The predicted molar refractivity (Wildman–Crippen MR) is 70.1 cm³/mol. The number of sulfonamides is 1. The van der Waals surface area contributed by atoms with E-state index in [-0.39, 0.29) is 16.6 Å². The Morgan fingerprint density at radius 2 is 2.32 bits per heavy atom. The van der Waals surface area contributed by atoms with Crippen LogP contribution in [-0.2, 0) is 16.6 Å². The average molecular weight is 288 g/mol. The fourth-order valence-corrected chi connectivity index (χ4v) is 3.87. The van der Waals surface area contributed by atoms with Crippen molar-refractivity contribution in [1.29, 1.82) is 0 Å². The Labute approximate surface area is 113 Å². The van der Waals surface area contributed by atoms with Crippen LogP contribution in [-0.4, -0.2) is 54.8 Å². The Bertz CT molecular complexity index is 540. The molecule has 0 saturated carbocycles. The number of likely N-dealkylation sites (tertiary alicyclic amines) is 1. The van der Waals surface area contributed by atoms with Crippen molar-refractivity contribution >= 4 is 10.0 Å². The molecule has 1 aromatic rings. The van der Waals surface area contributed by atoms with E-state index in [1.54, 1.807) is 6.92 Å². The second-order valence-electron chi connectivity index (χ2n) is 4.91. The van der Waals surface area contributed by atoms with Gasteiger partial charge in [-0.2, -0.15) is 5.10 Å². The maximum atomic E-state index is 12.3. The Morgan fingerprint density at radius 3 is 2.89 bits per heavy atom. The van der Waals surface area contributed by atoms with Gasteiger partial charge in [-0.25, -0.2) is 13.1 Å². The van der Waals surface area contributed by atoms with Gasteiger partial charge in [-0.3, -0.25) is 5.10 Å². The van der Waals surface area contributed by atoms with Crippen molar-refractivity contribution in [2.75, 3.05) is 20.1 Å². The van der Waals surface area contributed by atoms with Crippen LogP contribution in [0.4, 0.5) is 0 Å². The molecule has 1 fully saturated rings. The second-order valence-corrected chi connectivity index (χ2v) is 6.61. The summed E-state index contributed by atoms with van der Waals surface area (Å²) in [4.78, 5) is 2.22. The van der Waals surface area contributed by atoms with Gasteiger partial charge < -0.3 is 10.0 Å². The first kappa shape index (κ1) is 14.4. The minimum atomic E-state index is -3.63. The molecule has 0 aromatic carbocycles. The number of aromatic amines is 1. The Morgan fingerprint density at radius 1 is 1.58 bits per heavy atom. The zero-order valence-electron chi connectivity index (χ0n) is 11.2. The molecule has 1 saturated heterocycles. The van der Waals surface area contributed by atoms with E-state index in [1.165, 1.54) is 0 Å². The third kappa shape index (κ3) is 2.97. The minimum Gasteiger partial charge on any atom is -0.390 e. The molecule has 8 heteroatoms. The molecule has 1 aliphatic rings. The maximum absolute atomic E-state index is 12.3. The highest BCUT2D eigenvalue weighted by Gasteiger charge is 2.27. The number of likely N-dealkylation sites (N-methyl/N-ethyl adjacent to an activating group) is 1. The van der Waals surface area contributed by atoms with E-state index in [0.717, 1.165) is 19.4 Å². The van der Waals surface area contributed by atoms with Crippen LogP contribution in [0.25, 0.3) is 0 Å². The van der Waals surface area contributed by atoms with E-state index in [1.807, 2.05) is 7.05 Å². The van der Waals surface area contributed by atoms with Crippen LogP contribution >= 0.6 is 0 Å². The molecule has 0 spiro atoms. The van der Waals surface area contributed by atoms with Gasteiger partial charge in [-0.05, 0) is 33.4 Å². The molecule has 0 amide bonds. The van der Waals surface area contributed by atoms with Gasteiger partial charge in [-0.15, -0.1) is 0 Å². The highest BCUT2D eigenvalue weighted by Crippen LogP contribution is 2.19. The van der Waals surface area contributed by atoms with Gasteiger partial charge in [0, 0.05) is 12.6 Å². The van der Waals surface area contributed by atoms with E-state index in [2.05, 4.69) is 19.8 Å². The van der Waals surface area contributed by atoms with E-state index in [4.69, 9.17) is 5.11 Å². The number of nitrogens with one attached hydrogen (secondary N) is 2. The molecule has 2 rings (SSSR count). The summed E-state index contributed by atoms with van der Waals surface area (Å²) in [5, 5.41) is 15.5. The molecule has 0 bridgehead atoms. The molecule has 2 heterocycles. The van der Waals surface area contributed by atoms with Crippen molar-refractivity contribution in [3.8, 4) is 0 Å². The topological polar surface area (TPSA) is 98.3 Å². The Kier molecular flexibility index (Phi) is 4.24. The molecular formula is C11H20N4O3S. The first-order valence-corrected chi connectivity index (χ1v) is 7.78. The molecule has 7 nitrogen and oxygen atoms in total. The Hall–Kier alpha value is -0.960. The zero-order chi connectivity index (χ0) is 14.0. The molecule has 1 unspecified atom stereocenters. The van der Waals surface area contributed by atoms with Crippen LogP contribution in [0.3, 0.4) is 0 Å². The summed E-state index contributed by atoms with van der Waals surface area (Å²) in [6, 6.07) is 0.236. The summed E-state index contributed by atoms with van der Waals surface area (Å²) in [7, 11) is -1.64. The number of rotatable bonds is 5. The number of aromatic nitrogens is 2. The zero-order valence-corrected chi connectivity index (χ0v) is 12.0. The van der Waals surface area contributed by atoms with Crippen molar-refractivity contribution in [3.63, 3.8) is 0 Å². The monoisotopic (exact) mass is 288 g/mol. The molecule has 3 N–H and O–H groups in total. The normalized spacial score (nSPS) is 21.1. The number of H-pyrrole nitrogens is 1. The number of aryl methyl sites for hydroxylation is 1. The lowest BCUT2D eigenvalue weighted by atomic mass is 10.2. The van der Waals surface area contributed by atoms with E-state index in [0.29, 0.717) is 12.2 Å². The molecular weight excluding hydrogens is 268 g/mol. The summed E-state index contributed by atoms with van der Waals surface area (Å²) in [5.41, 5.74) is 0.598. The largest absolute Gasteiger partial charge is 0.390 e. The average Bonchev–Trinajstić information content (AvgIpc) is 2.93. The third-order valence-corrected chi connectivity index (χ3v) is 5.19. The summed E-state index contributed by atoms with van der Waals surface area (Å²) in [5.74, 6) is 0. The summed E-state index contributed by atoms with van der Waals surface area (Å²) >= 11 is 0. The summed E-state index contributed by atoms with van der Waals surface area (Å²) < 4.78 is 27.1. The van der Waals surface area contributed by atoms with Crippen LogP contribution in [0.1, 0.15) is 24.2 Å². The Balaban J connectivity index is 2.12. The number of nitrogens with zero attached hydrogens (tertiary/aromatic N) is 2. The molecule has 1 aliphatic heterocycles. The number of aliphatic hydroxyl groups excluding tert-OH is 1. The fourth-order valence-electron chi connectivity index (χ4n) is 2.45. The van der Waals surface area contributed by atoms with Gasteiger partial charge in [-0.1, -0.05) is 0 Å². The van der Waals surface area contributed by atoms with Gasteiger partial charge in [0.05, 0.1) is 12.3 Å². The van der Waals surface area contributed by atoms with Crippen LogP contribution < -0.4 is 4.72 Å². The van der Waals surface area contributed by atoms with E-state index < -0.39 is 16.6 Å². The molecule has 19 heavy (non-hydrogen) atoms. The van der Waals surface area contributed by atoms with Crippen LogP contribution in [0.15, 0.2) is 4.90 Å². The lowest BCUT2D eigenvalue weighted by molar-refractivity contribution is 0.273. The third-order valence-electron chi connectivity index (χ3n) is 3.56. The molecule has 0 radical (unpaired) electrons. The SMILES string of the molecule is Cc1[nH]nc(CO)c1S(=O)(=O)NCC1CCCN1C. The minimum absolute atomic E-state index is 0.0654. The number of hydrogen-bond donors (Lipinski definition) is 3. The lowest BCUT2D eigenvalue weighted by Crippen LogP contribution is -2.38. The maximum Gasteiger partial charge on any atom is 0.244 e. The van der Waals surface area contributed by atoms with Gasteiger partial charge in [0.2, 0.25) is 10.0 Å². The van der Waals surface area contributed by atoms with Crippen molar-refractivity contribution in [3.05, 3.63) is 11.4 Å². The fraction of sp³-hybridized carbons (Fsp3) is 0.727. The summed E-state index contributed by atoms with van der Waals surface area (Å²) in [6.07, 6.45) is 2.09. The summed E-state index contributed by atoms with van der Waals surface area (Å²) in [6.45, 7) is 2.61. The first-order valence-electron chi connectivity index (χ1n) is 6.30. The smallest absolute Gasteiger partial charge is 0.244 e. The molecule has 1 aromatic heterocycles. The van der Waals surface area contributed by atoms with Crippen LogP contribution in [0.5, 0.6) is 0 Å². The second kappa shape index (κ2) is 5.58. The number of aliphatic hydroxyl groups is 1. The highest BCUT2D eigenvalue weighted by atomic mass is 32.2. The van der Waals surface area contributed by atoms with Crippen molar-refractivity contribution in [2.45, 2.75) is 37.3 Å². The van der Waals surface area contributed by atoms with Crippen molar-refractivity contribution in [2.24, 2.45) is 0 Å². The highest BCUT2D eigenvalue weighted by molar-refractivity contribution is 7.89. The van der Waals surface area contributed by atoms with E-state index >= 15 is 0 Å². The molecule has 0 aliphatic carbocycles. The van der Waals surface area contributed by atoms with Crippen molar-refractivity contribution < 1.29 is 13.5 Å². The van der Waals surface area contributed by atoms with E-state index in [9.17, 15) is 8.42 Å². The van der Waals surface area contributed by atoms with Gasteiger partial charge in [0.15, 0.2) is 0 Å². The molecule has 108 valence electrons.